The van der Waals surface area contributed by atoms with E-state index >= 15 is 0 Å². The molecular formula is C23H27FeNOSe+2. The Labute approximate surface area is 181 Å². The second-order valence-corrected chi connectivity index (χ2v) is 9.34. The van der Waals surface area contributed by atoms with Gasteiger partial charge in [-0.15, -0.1) is 0 Å². The van der Waals surface area contributed by atoms with E-state index in [1.807, 2.05) is 75.3 Å². The van der Waals surface area contributed by atoms with Gasteiger partial charge in [0.15, 0.2) is 0 Å². The Kier molecular flexibility index (Phi) is 12.7. The van der Waals surface area contributed by atoms with Gasteiger partial charge in [-0.1, -0.05) is 0 Å². The molecule has 0 saturated heterocycles. The molecule has 0 amide bonds. The fourth-order valence-electron chi connectivity index (χ4n) is 2.49. The zero-order valence-corrected chi connectivity index (χ0v) is 18.9. The molecule has 0 heterocycles. The van der Waals surface area contributed by atoms with E-state index in [2.05, 4.69) is 44.5 Å². The van der Waals surface area contributed by atoms with Crippen LogP contribution in [-0.4, -0.2) is 38.9 Å². The molecule has 3 rings (SSSR count). The fourth-order valence-corrected chi connectivity index (χ4v) is 4.98. The molecule has 0 bridgehead atoms. The van der Waals surface area contributed by atoms with Crippen LogP contribution in [-0.2, 0) is 20.9 Å². The van der Waals surface area contributed by atoms with E-state index in [4.69, 9.17) is 0 Å². The van der Waals surface area contributed by atoms with Crippen LogP contribution in [0.5, 0.6) is 0 Å². The molecule has 2 saturated carbocycles. The first-order valence-corrected chi connectivity index (χ1v) is 11.5. The minimum absolute atomic E-state index is 0. The molecule has 1 aromatic carbocycles. The summed E-state index contributed by atoms with van der Waals surface area (Å²) in [7, 11) is 4.10. The molecule has 1 aromatic rings. The van der Waals surface area contributed by atoms with Crippen molar-refractivity contribution in [3.8, 4) is 0 Å². The predicted octanol–water partition coefficient (Wildman–Crippen LogP) is 4.41. The smallest absolute Gasteiger partial charge is 0.0312 e. The fraction of sp³-hybridized carbons (Fsp3) is 0.217. The second-order valence-electron chi connectivity index (χ2n) is 6.27. The maximum atomic E-state index is 12.6. The summed E-state index contributed by atoms with van der Waals surface area (Å²) in [5.74, 6) is 1.20. The summed E-state index contributed by atoms with van der Waals surface area (Å²) in [5.41, 5.74) is 1.15. The number of hydrogen-bond acceptors (Lipinski definition) is 2. The van der Waals surface area contributed by atoms with Crippen molar-refractivity contribution in [2.24, 2.45) is 0 Å². The van der Waals surface area contributed by atoms with E-state index in [1.54, 1.807) is 0 Å². The van der Waals surface area contributed by atoms with Crippen LogP contribution in [0.4, 0.5) is 0 Å². The topological polar surface area (TPSA) is 20.3 Å². The number of nitrogens with zero attached hydrogens (tertiary/aromatic N) is 1. The Hall–Kier alpha value is -0.241. The molecule has 142 valence electrons. The molecule has 0 aromatic heterocycles. The van der Waals surface area contributed by atoms with Crippen molar-refractivity contribution in [3.63, 3.8) is 0 Å². The van der Waals surface area contributed by atoms with Gasteiger partial charge in [-0.05, 0) is 32.1 Å². The molecule has 2 aliphatic rings. The third kappa shape index (κ3) is 8.75. The molecular weight excluding hydrogens is 441 g/mol. The average Bonchev–Trinajstić information content (AvgIpc) is 3.36. The normalized spacial score (nSPS) is 20.3. The molecule has 1 unspecified atom stereocenters. The zero-order chi connectivity index (χ0) is 18.8. The molecule has 0 spiro atoms. The van der Waals surface area contributed by atoms with E-state index in [0.717, 1.165) is 10.4 Å². The molecule has 2 fully saturated rings. The van der Waals surface area contributed by atoms with E-state index in [9.17, 15) is 3.83 Å². The van der Waals surface area contributed by atoms with Gasteiger partial charge in [0.1, 0.15) is 0 Å². The first kappa shape index (κ1) is 24.8. The zero-order valence-electron chi connectivity index (χ0n) is 16.1. The Morgan fingerprint density at radius 2 is 1.56 bits per heavy atom. The van der Waals surface area contributed by atoms with E-state index in [-0.39, 0.29) is 17.1 Å². The maximum Gasteiger partial charge on any atom is 2.00 e. The van der Waals surface area contributed by atoms with Crippen LogP contribution < -0.4 is 0 Å². The van der Waals surface area contributed by atoms with Gasteiger partial charge in [0, 0.05) is 0 Å². The largest absolute Gasteiger partial charge is 2.00 e. The molecule has 0 aliphatic heterocycles. The van der Waals surface area contributed by atoms with Crippen molar-refractivity contribution in [1.29, 1.82) is 0 Å². The third-order valence-corrected chi connectivity index (χ3v) is 7.04. The van der Waals surface area contributed by atoms with E-state index < -0.39 is 13.8 Å². The monoisotopic (exact) mass is 469 g/mol. The van der Waals surface area contributed by atoms with Gasteiger partial charge in [0.05, 0.1) is 0 Å². The maximum absolute atomic E-state index is 12.6. The Morgan fingerprint density at radius 3 is 2.11 bits per heavy atom. The summed E-state index contributed by atoms with van der Waals surface area (Å²) in [6, 6.07) is 10.4. The van der Waals surface area contributed by atoms with Crippen LogP contribution in [0.25, 0.3) is 6.08 Å². The first-order chi connectivity index (χ1) is 12.6. The minimum Gasteiger partial charge on any atom is -0.0312 e. The van der Waals surface area contributed by atoms with Crippen molar-refractivity contribution in [2.45, 2.75) is 18.3 Å². The standard InChI is InChI=1S/C18H22NOSe.C5H5.Fe/c1-15(19(2)3)17-12-7-13-18(17)21(20)14-8-11-16-9-5-4-6-10-16;1-2-4-5-3-1;/h4-13,15H,14H2,1-3H3;1-5H;/q;;+2/b11-8+;;/t15-,21?;;/m0../s1. The molecule has 10 radical (unpaired) electrons. The van der Waals surface area contributed by atoms with Crippen molar-refractivity contribution in [3.05, 3.63) is 104 Å². The summed E-state index contributed by atoms with van der Waals surface area (Å²) < 4.78 is 12.6. The summed E-state index contributed by atoms with van der Waals surface area (Å²) in [5, 5.41) is 0.645. The van der Waals surface area contributed by atoms with Gasteiger partial charge >= 0.3 is 150 Å². The van der Waals surface area contributed by atoms with Crippen LogP contribution in [0, 0.1) is 62.1 Å². The van der Waals surface area contributed by atoms with Gasteiger partial charge in [0.25, 0.3) is 0 Å². The molecule has 4 heteroatoms. The van der Waals surface area contributed by atoms with Crippen LogP contribution in [0.1, 0.15) is 12.5 Å². The SMILES string of the molecule is C[C@@H]([C]1[CH][CH][CH][C]1[Se](=O)C/C=C/c1ccccc1)N(C)C.[CH]1[CH][CH][CH][CH]1.[Fe+2]. The van der Waals surface area contributed by atoms with Crippen LogP contribution in [0.2, 0.25) is 5.32 Å². The van der Waals surface area contributed by atoms with Gasteiger partial charge in [-0.2, -0.15) is 0 Å². The van der Waals surface area contributed by atoms with Crippen LogP contribution in [0.3, 0.4) is 0 Å². The van der Waals surface area contributed by atoms with Crippen LogP contribution >= 0.6 is 0 Å². The molecule has 0 N–H and O–H groups in total. The molecule has 27 heavy (non-hydrogen) atoms. The van der Waals surface area contributed by atoms with Gasteiger partial charge in [-0.25, -0.2) is 0 Å². The van der Waals surface area contributed by atoms with Gasteiger partial charge < -0.3 is 0 Å². The Bertz CT molecular complexity index is 549. The quantitative estimate of drug-likeness (QED) is 0.577. The Morgan fingerprint density at radius 1 is 0.963 bits per heavy atom. The number of allylic oxidation sites excluding steroid dienone is 1. The van der Waals surface area contributed by atoms with Gasteiger partial charge in [0.2, 0.25) is 0 Å². The van der Waals surface area contributed by atoms with Gasteiger partial charge in [-0.3, -0.25) is 0 Å². The van der Waals surface area contributed by atoms with E-state index in [0.29, 0.717) is 11.4 Å². The summed E-state index contributed by atoms with van der Waals surface area (Å²) in [6.45, 7) is 2.15. The summed E-state index contributed by atoms with van der Waals surface area (Å²) in [4.78, 5) is 3.20. The number of hydrogen-bond donors (Lipinski definition) is 0. The first-order valence-electron chi connectivity index (χ1n) is 8.78. The second kappa shape index (κ2) is 13.9. The van der Waals surface area contributed by atoms with E-state index in [1.165, 1.54) is 5.92 Å². The summed E-state index contributed by atoms with van der Waals surface area (Å²) >= 11 is -2.01. The summed E-state index contributed by atoms with van der Waals surface area (Å²) in [6.07, 6.45) is 20.2. The van der Waals surface area contributed by atoms with Crippen molar-refractivity contribution < 1.29 is 20.9 Å². The Balaban J connectivity index is 0.000000526. The van der Waals surface area contributed by atoms with Crippen LogP contribution in [0.15, 0.2) is 36.4 Å². The average molecular weight is 468 g/mol. The predicted molar refractivity (Wildman–Crippen MR) is 111 cm³/mol. The molecule has 2 nitrogen and oxygen atoms in total. The third-order valence-electron chi connectivity index (χ3n) is 4.19. The van der Waals surface area contributed by atoms with Crippen molar-refractivity contribution >= 4 is 19.9 Å². The number of benzene rings is 1. The minimum atomic E-state index is -2.01. The van der Waals surface area contributed by atoms with Crippen molar-refractivity contribution in [2.75, 3.05) is 14.1 Å². The molecule has 2 atom stereocenters. The molecule has 2 aliphatic carbocycles. The number of rotatable bonds is 6. The van der Waals surface area contributed by atoms with Crippen molar-refractivity contribution in [1.82, 2.24) is 4.90 Å².